The molecule has 0 aliphatic carbocycles. The van der Waals surface area contributed by atoms with Crippen LogP contribution in [0.5, 0.6) is 17.2 Å². The lowest BCUT2D eigenvalue weighted by molar-refractivity contribution is -0.120. The number of carbonyl (C=O) groups is 1. The molecule has 17 heavy (non-hydrogen) atoms. The predicted molar refractivity (Wildman–Crippen MR) is 60.3 cm³/mol. The van der Waals surface area contributed by atoms with E-state index in [-0.39, 0.29) is 18.8 Å². The van der Waals surface area contributed by atoms with E-state index >= 15 is 0 Å². The Balaban J connectivity index is 2.70. The van der Waals surface area contributed by atoms with Crippen LogP contribution in [0.15, 0.2) is 18.2 Å². The van der Waals surface area contributed by atoms with Crippen molar-refractivity contribution in [2.45, 2.75) is 6.42 Å². The number of ketones is 1. The van der Waals surface area contributed by atoms with Crippen molar-refractivity contribution in [3.8, 4) is 23.3 Å². The molecule has 0 aliphatic heterocycles. The van der Waals surface area contributed by atoms with Crippen LogP contribution in [0, 0.1) is 11.3 Å². The van der Waals surface area contributed by atoms with Crippen molar-refractivity contribution in [2.24, 2.45) is 0 Å². The quantitative estimate of drug-likeness (QED) is 0.748. The highest BCUT2D eigenvalue weighted by atomic mass is 16.5. The molecule has 0 amide bonds. The molecule has 0 heterocycles. The molecule has 0 radical (unpaired) electrons. The molecule has 0 saturated heterocycles. The fourth-order valence-corrected chi connectivity index (χ4v) is 1.17. The number of benzene rings is 1. The van der Waals surface area contributed by atoms with Gasteiger partial charge in [0, 0.05) is 18.2 Å². The molecule has 0 unspecified atom stereocenters. The van der Waals surface area contributed by atoms with E-state index in [2.05, 4.69) is 0 Å². The second kappa shape index (κ2) is 6.38. The van der Waals surface area contributed by atoms with Gasteiger partial charge in [-0.3, -0.25) is 4.79 Å². The van der Waals surface area contributed by atoms with Gasteiger partial charge in [-0.2, -0.15) is 5.26 Å². The number of nitriles is 1. The van der Waals surface area contributed by atoms with Gasteiger partial charge in [0.1, 0.15) is 23.9 Å². The van der Waals surface area contributed by atoms with E-state index in [0.29, 0.717) is 17.2 Å². The van der Waals surface area contributed by atoms with Crippen molar-refractivity contribution in [1.82, 2.24) is 0 Å². The van der Waals surface area contributed by atoms with Crippen LogP contribution in [0.25, 0.3) is 0 Å². The van der Waals surface area contributed by atoms with Crippen molar-refractivity contribution >= 4 is 5.78 Å². The first-order valence-electron chi connectivity index (χ1n) is 4.94. The second-order valence-electron chi connectivity index (χ2n) is 3.21. The highest BCUT2D eigenvalue weighted by molar-refractivity contribution is 5.81. The van der Waals surface area contributed by atoms with Crippen LogP contribution >= 0.6 is 0 Å². The summed E-state index contributed by atoms with van der Waals surface area (Å²) in [6.45, 7) is -0.135. The Bertz CT molecular complexity index is 414. The van der Waals surface area contributed by atoms with Gasteiger partial charge in [-0.05, 0) is 0 Å². The summed E-state index contributed by atoms with van der Waals surface area (Å²) in [7, 11) is 3.05. The van der Waals surface area contributed by atoms with Gasteiger partial charge in [0.15, 0.2) is 5.78 Å². The monoisotopic (exact) mass is 235 g/mol. The molecule has 0 N–H and O–H groups in total. The maximum absolute atomic E-state index is 11.1. The number of hydrogen-bond donors (Lipinski definition) is 0. The number of rotatable bonds is 6. The van der Waals surface area contributed by atoms with Crippen molar-refractivity contribution in [3.05, 3.63) is 18.2 Å². The molecule has 1 aromatic rings. The van der Waals surface area contributed by atoms with Crippen LogP contribution < -0.4 is 14.2 Å². The maximum Gasteiger partial charge on any atom is 0.184 e. The number of Topliss-reactive ketones (excluding diaryl/α,β-unsaturated/α-hetero) is 1. The molecule has 0 atom stereocenters. The topological polar surface area (TPSA) is 68.6 Å². The molecule has 0 fully saturated rings. The number of hydrogen-bond acceptors (Lipinski definition) is 5. The standard InChI is InChI=1S/C12H13NO4/c1-15-10-5-11(16-2)7-12(6-10)17-8-9(14)3-4-13/h5-7H,3,8H2,1-2H3. The number of nitrogens with zero attached hydrogens (tertiary/aromatic N) is 1. The fourth-order valence-electron chi connectivity index (χ4n) is 1.17. The molecule has 5 nitrogen and oxygen atoms in total. The molecule has 0 spiro atoms. The zero-order valence-electron chi connectivity index (χ0n) is 9.73. The van der Waals surface area contributed by atoms with Gasteiger partial charge in [0.2, 0.25) is 0 Å². The molecule has 90 valence electrons. The average Bonchev–Trinajstić information content (AvgIpc) is 2.36. The van der Waals surface area contributed by atoms with Crippen LogP contribution in [0.1, 0.15) is 6.42 Å². The number of methoxy groups -OCH3 is 2. The highest BCUT2D eigenvalue weighted by Gasteiger charge is 2.05. The van der Waals surface area contributed by atoms with Gasteiger partial charge in [0.05, 0.1) is 26.7 Å². The molecule has 5 heteroatoms. The zero-order valence-corrected chi connectivity index (χ0v) is 9.73. The zero-order chi connectivity index (χ0) is 12.7. The maximum atomic E-state index is 11.1. The normalized spacial score (nSPS) is 9.24. The first-order valence-corrected chi connectivity index (χ1v) is 4.94. The van der Waals surface area contributed by atoms with E-state index in [1.54, 1.807) is 24.3 Å². The van der Waals surface area contributed by atoms with Crippen molar-refractivity contribution in [1.29, 1.82) is 5.26 Å². The van der Waals surface area contributed by atoms with Crippen LogP contribution in [0.3, 0.4) is 0 Å². The van der Waals surface area contributed by atoms with E-state index < -0.39 is 0 Å². The lowest BCUT2D eigenvalue weighted by Gasteiger charge is -2.09. The van der Waals surface area contributed by atoms with Crippen molar-refractivity contribution < 1.29 is 19.0 Å². The summed E-state index contributed by atoms with van der Waals surface area (Å²) in [5.41, 5.74) is 0. The fraction of sp³-hybridized carbons (Fsp3) is 0.333. The number of carbonyl (C=O) groups excluding carboxylic acids is 1. The summed E-state index contributed by atoms with van der Waals surface area (Å²) >= 11 is 0. The van der Waals surface area contributed by atoms with E-state index in [9.17, 15) is 4.79 Å². The second-order valence-corrected chi connectivity index (χ2v) is 3.21. The lowest BCUT2D eigenvalue weighted by atomic mass is 10.3. The first kappa shape index (κ1) is 12.8. The summed E-state index contributed by atoms with van der Waals surface area (Å²) in [6, 6.07) is 6.75. The van der Waals surface area contributed by atoms with E-state index in [1.165, 1.54) is 14.2 Å². The van der Waals surface area contributed by atoms with Crippen LogP contribution in [-0.4, -0.2) is 26.6 Å². The molecule has 0 saturated carbocycles. The minimum Gasteiger partial charge on any atom is -0.496 e. The third-order valence-electron chi connectivity index (χ3n) is 2.00. The largest absolute Gasteiger partial charge is 0.496 e. The van der Waals surface area contributed by atoms with Gasteiger partial charge < -0.3 is 14.2 Å². The minimum atomic E-state index is -0.269. The van der Waals surface area contributed by atoms with E-state index in [0.717, 1.165) is 0 Å². The Morgan fingerprint density at radius 2 is 1.71 bits per heavy atom. The Morgan fingerprint density at radius 3 is 2.18 bits per heavy atom. The SMILES string of the molecule is COc1cc(OC)cc(OCC(=O)CC#N)c1. The summed E-state index contributed by atoms with van der Waals surface area (Å²) < 4.78 is 15.4. The third-order valence-corrected chi connectivity index (χ3v) is 2.00. The average molecular weight is 235 g/mol. The van der Waals surface area contributed by atoms with Gasteiger partial charge in [-0.1, -0.05) is 0 Å². The summed E-state index contributed by atoms with van der Waals surface area (Å²) in [6.07, 6.45) is -0.152. The van der Waals surface area contributed by atoms with Gasteiger partial charge in [-0.15, -0.1) is 0 Å². The highest BCUT2D eigenvalue weighted by Crippen LogP contribution is 2.27. The molecular weight excluding hydrogens is 222 g/mol. The lowest BCUT2D eigenvalue weighted by Crippen LogP contribution is -2.10. The summed E-state index contributed by atoms with van der Waals surface area (Å²) in [5, 5.41) is 8.33. The molecular formula is C12H13NO4. The molecule has 1 aromatic carbocycles. The molecule has 0 bridgehead atoms. The first-order chi connectivity index (χ1) is 8.19. The van der Waals surface area contributed by atoms with E-state index in [4.69, 9.17) is 19.5 Å². The van der Waals surface area contributed by atoms with Gasteiger partial charge >= 0.3 is 0 Å². The summed E-state index contributed by atoms with van der Waals surface area (Å²) in [5.74, 6) is 1.35. The van der Waals surface area contributed by atoms with E-state index in [1.807, 2.05) is 0 Å². The van der Waals surface area contributed by atoms with Gasteiger partial charge in [-0.25, -0.2) is 0 Å². The minimum absolute atomic E-state index is 0.135. The Morgan fingerprint density at radius 1 is 1.18 bits per heavy atom. The van der Waals surface area contributed by atoms with Crippen molar-refractivity contribution in [2.75, 3.05) is 20.8 Å². The van der Waals surface area contributed by atoms with Crippen LogP contribution in [0.2, 0.25) is 0 Å². The Hall–Kier alpha value is -2.22. The smallest absolute Gasteiger partial charge is 0.184 e. The van der Waals surface area contributed by atoms with Crippen LogP contribution in [0.4, 0.5) is 0 Å². The van der Waals surface area contributed by atoms with Crippen LogP contribution in [-0.2, 0) is 4.79 Å². The number of ether oxygens (including phenoxy) is 3. The predicted octanol–water partition coefficient (Wildman–Crippen LogP) is 1.57. The van der Waals surface area contributed by atoms with Crippen molar-refractivity contribution in [3.63, 3.8) is 0 Å². The Kier molecular flexibility index (Phi) is 4.82. The Labute approximate surface area is 99.5 Å². The molecule has 0 aliphatic rings. The molecule has 0 aromatic heterocycles. The summed E-state index contributed by atoms with van der Waals surface area (Å²) in [4.78, 5) is 11.1. The van der Waals surface area contributed by atoms with Gasteiger partial charge in [0.25, 0.3) is 0 Å². The molecule has 1 rings (SSSR count). The third kappa shape index (κ3) is 4.03.